The molecule has 1 aromatic carbocycles. The Morgan fingerprint density at radius 2 is 1.79 bits per heavy atom. The molecule has 0 amide bonds. The largest absolute Gasteiger partial charge is 0.438 e. The summed E-state index contributed by atoms with van der Waals surface area (Å²) >= 11 is 0. The Morgan fingerprint density at radius 3 is 2.42 bits per heavy atom. The first-order valence-corrected chi connectivity index (χ1v) is 6.51. The Labute approximate surface area is 114 Å². The van der Waals surface area contributed by atoms with Crippen LogP contribution in [-0.4, -0.2) is 11.5 Å². The monoisotopic (exact) mass is 256 g/mol. The summed E-state index contributed by atoms with van der Waals surface area (Å²) in [5.74, 6) is 1.52. The van der Waals surface area contributed by atoms with Crippen LogP contribution in [0, 0.1) is 20.8 Å². The normalized spacial score (nSPS) is 10.5. The zero-order valence-corrected chi connectivity index (χ0v) is 11.7. The number of ether oxygens (including phenoxy) is 1. The fraction of sp³-hybridized carbons (Fsp3) is 0.312. The molecule has 2 N–H and O–H groups in total. The number of hydrogen-bond acceptors (Lipinski definition) is 3. The molecule has 0 fully saturated rings. The molecule has 0 aliphatic heterocycles. The lowest BCUT2D eigenvalue weighted by Crippen LogP contribution is -2.03. The minimum Gasteiger partial charge on any atom is -0.438 e. The summed E-state index contributed by atoms with van der Waals surface area (Å²) in [5, 5.41) is 0. The van der Waals surface area contributed by atoms with Gasteiger partial charge in [-0.2, -0.15) is 0 Å². The van der Waals surface area contributed by atoms with Gasteiger partial charge in [0, 0.05) is 12.3 Å². The molecule has 100 valence electrons. The van der Waals surface area contributed by atoms with E-state index in [2.05, 4.69) is 31.0 Å². The molecule has 2 aromatic rings. The van der Waals surface area contributed by atoms with Gasteiger partial charge in [0.05, 0.1) is 0 Å². The van der Waals surface area contributed by atoms with E-state index in [4.69, 9.17) is 10.5 Å². The van der Waals surface area contributed by atoms with Crippen LogP contribution < -0.4 is 10.5 Å². The Hall–Kier alpha value is -1.87. The first-order chi connectivity index (χ1) is 9.11. The summed E-state index contributed by atoms with van der Waals surface area (Å²) in [6.07, 6.45) is 2.67. The third kappa shape index (κ3) is 3.12. The van der Waals surface area contributed by atoms with Crippen molar-refractivity contribution in [3.63, 3.8) is 0 Å². The van der Waals surface area contributed by atoms with Gasteiger partial charge in [-0.1, -0.05) is 18.2 Å². The minimum atomic E-state index is 0.623. The van der Waals surface area contributed by atoms with E-state index in [1.54, 1.807) is 0 Å². The van der Waals surface area contributed by atoms with Crippen LogP contribution in [0.2, 0.25) is 0 Å². The molecular formula is C16H20N2O. The van der Waals surface area contributed by atoms with Crippen molar-refractivity contribution >= 4 is 0 Å². The van der Waals surface area contributed by atoms with Crippen LogP contribution in [0.4, 0.5) is 0 Å². The zero-order valence-electron chi connectivity index (χ0n) is 11.7. The standard InChI is InChI=1S/C16H20N2O/c1-11-4-5-12(2)16(13(11)3)19-15-7-6-14(8-9-17)10-18-15/h4-7,10H,8-9,17H2,1-3H3. The van der Waals surface area contributed by atoms with E-state index >= 15 is 0 Å². The van der Waals surface area contributed by atoms with Gasteiger partial charge in [-0.25, -0.2) is 4.98 Å². The number of hydrogen-bond donors (Lipinski definition) is 1. The lowest BCUT2D eigenvalue weighted by atomic mass is 10.1. The smallest absolute Gasteiger partial charge is 0.219 e. The number of nitrogens with two attached hydrogens (primary N) is 1. The SMILES string of the molecule is Cc1ccc(C)c(Oc2ccc(CCN)cn2)c1C. The Balaban J connectivity index is 2.24. The van der Waals surface area contributed by atoms with E-state index < -0.39 is 0 Å². The van der Waals surface area contributed by atoms with Crippen molar-refractivity contribution in [1.29, 1.82) is 0 Å². The van der Waals surface area contributed by atoms with E-state index in [-0.39, 0.29) is 0 Å². The number of pyridine rings is 1. The van der Waals surface area contributed by atoms with Crippen molar-refractivity contribution < 1.29 is 4.74 Å². The van der Waals surface area contributed by atoms with Crippen LogP contribution in [0.25, 0.3) is 0 Å². The number of aromatic nitrogens is 1. The van der Waals surface area contributed by atoms with Crippen LogP contribution in [-0.2, 0) is 6.42 Å². The van der Waals surface area contributed by atoms with Gasteiger partial charge in [-0.15, -0.1) is 0 Å². The van der Waals surface area contributed by atoms with Gasteiger partial charge in [0.25, 0.3) is 0 Å². The molecule has 0 aliphatic rings. The Morgan fingerprint density at radius 1 is 1.05 bits per heavy atom. The number of rotatable bonds is 4. The Kier molecular flexibility index (Phi) is 4.17. The molecule has 0 saturated heterocycles. The topological polar surface area (TPSA) is 48.1 Å². The maximum absolute atomic E-state index is 5.91. The molecule has 3 nitrogen and oxygen atoms in total. The van der Waals surface area contributed by atoms with Gasteiger partial charge in [0.2, 0.25) is 5.88 Å². The van der Waals surface area contributed by atoms with Gasteiger partial charge in [-0.05, 0) is 56.0 Å². The van der Waals surface area contributed by atoms with Gasteiger partial charge >= 0.3 is 0 Å². The van der Waals surface area contributed by atoms with Crippen LogP contribution in [0.15, 0.2) is 30.5 Å². The maximum Gasteiger partial charge on any atom is 0.219 e. The second-order valence-electron chi connectivity index (χ2n) is 4.80. The first-order valence-electron chi connectivity index (χ1n) is 6.51. The molecule has 0 saturated carbocycles. The maximum atomic E-state index is 5.91. The van der Waals surface area contributed by atoms with E-state index in [9.17, 15) is 0 Å². The molecule has 0 atom stereocenters. The summed E-state index contributed by atoms with van der Waals surface area (Å²) in [6, 6.07) is 8.08. The average Bonchev–Trinajstić information content (AvgIpc) is 2.41. The van der Waals surface area contributed by atoms with Crippen LogP contribution in [0.1, 0.15) is 22.3 Å². The summed E-state index contributed by atoms with van der Waals surface area (Å²) in [6.45, 7) is 6.84. The second-order valence-corrected chi connectivity index (χ2v) is 4.80. The number of aryl methyl sites for hydroxylation is 2. The molecule has 1 heterocycles. The second kappa shape index (κ2) is 5.85. The average molecular weight is 256 g/mol. The Bertz CT molecular complexity index is 562. The number of nitrogens with zero attached hydrogens (tertiary/aromatic N) is 1. The van der Waals surface area contributed by atoms with Crippen molar-refractivity contribution in [2.24, 2.45) is 5.73 Å². The van der Waals surface area contributed by atoms with Crippen LogP contribution in [0.5, 0.6) is 11.6 Å². The lowest BCUT2D eigenvalue weighted by Gasteiger charge is -2.13. The minimum absolute atomic E-state index is 0.623. The molecule has 0 radical (unpaired) electrons. The zero-order chi connectivity index (χ0) is 13.8. The molecular weight excluding hydrogens is 236 g/mol. The van der Waals surface area contributed by atoms with E-state index in [0.717, 1.165) is 28.9 Å². The van der Waals surface area contributed by atoms with Crippen molar-refractivity contribution in [3.8, 4) is 11.6 Å². The molecule has 0 unspecified atom stereocenters. The molecule has 19 heavy (non-hydrogen) atoms. The van der Waals surface area contributed by atoms with Crippen LogP contribution >= 0.6 is 0 Å². The van der Waals surface area contributed by atoms with Gasteiger partial charge in [0.15, 0.2) is 0 Å². The van der Waals surface area contributed by atoms with Gasteiger partial charge in [0.1, 0.15) is 5.75 Å². The van der Waals surface area contributed by atoms with E-state index in [0.29, 0.717) is 12.4 Å². The molecule has 0 bridgehead atoms. The van der Waals surface area contributed by atoms with Crippen molar-refractivity contribution in [2.75, 3.05) is 6.54 Å². The van der Waals surface area contributed by atoms with Crippen LogP contribution in [0.3, 0.4) is 0 Å². The summed E-state index contributed by atoms with van der Waals surface area (Å²) in [7, 11) is 0. The highest BCUT2D eigenvalue weighted by atomic mass is 16.5. The third-order valence-corrected chi connectivity index (χ3v) is 3.31. The molecule has 3 heteroatoms. The van der Waals surface area contributed by atoms with Crippen molar-refractivity contribution in [2.45, 2.75) is 27.2 Å². The molecule has 2 rings (SSSR count). The fourth-order valence-electron chi connectivity index (χ4n) is 1.97. The van der Waals surface area contributed by atoms with Crippen molar-refractivity contribution in [3.05, 3.63) is 52.7 Å². The third-order valence-electron chi connectivity index (χ3n) is 3.31. The van der Waals surface area contributed by atoms with E-state index in [1.165, 1.54) is 5.56 Å². The number of benzene rings is 1. The fourth-order valence-corrected chi connectivity index (χ4v) is 1.97. The van der Waals surface area contributed by atoms with Gasteiger partial charge in [-0.3, -0.25) is 0 Å². The van der Waals surface area contributed by atoms with E-state index in [1.807, 2.05) is 25.3 Å². The predicted molar refractivity (Wildman–Crippen MR) is 77.7 cm³/mol. The van der Waals surface area contributed by atoms with Crippen molar-refractivity contribution in [1.82, 2.24) is 4.98 Å². The summed E-state index contributed by atoms with van der Waals surface area (Å²) in [5.41, 5.74) is 10.2. The quantitative estimate of drug-likeness (QED) is 0.913. The summed E-state index contributed by atoms with van der Waals surface area (Å²) in [4.78, 5) is 4.33. The highest BCUT2D eigenvalue weighted by molar-refractivity contribution is 5.46. The van der Waals surface area contributed by atoms with Gasteiger partial charge < -0.3 is 10.5 Å². The first kappa shape index (κ1) is 13.6. The predicted octanol–water partition coefficient (Wildman–Crippen LogP) is 3.30. The lowest BCUT2D eigenvalue weighted by molar-refractivity contribution is 0.455. The molecule has 0 spiro atoms. The highest BCUT2D eigenvalue weighted by Crippen LogP contribution is 2.29. The summed E-state index contributed by atoms with van der Waals surface area (Å²) < 4.78 is 5.91. The highest BCUT2D eigenvalue weighted by Gasteiger charge is 2.08. The molecule has 0 aliphatic carbocycles. The molecule has 1 aromatic heterocycles.